The van der Waals surface area contributed by atoms with Crippen molar-refractivity contribution >= 4 is 75.3 Å². The van der Waals surface area contributed by atoms with E-state index >= 15 is 0 Å². The maximum Gasteiger partial charge on any atom is 0.258 e. The molecule has 5 nitrogen and oxygen atoms in total. The van der Waals surface area contributed by atoms with Crippen LogP contribution in [0, 0.1) is 6.92 Å². The van der Waals surface area contributed by atoms with E-state index in [1.54, 1.807) is 48.7 Å². The summed E-state index contributed by atoms with van der Waals surface area (Å²) in [6.07, 6.45) is 1.61. The summed E-state index contributed by atoms with van der Waals surface area (Å²) in [7, 11) is 0. The van der Waals surface area contributed by atoms with E-state index in [1.807, 2.05) is 6.92 Å². The fourth-order valence-corrected chi connectivity index (χ4v) is 3.66. The number of carbonyl (C=O) groups is 1. The van der Waals surface area contributed by atoms with Crippen LogP contribution < -0.4 is 15.4 Å². The number of halogens is 4. The molecule has 1 heterocycles. The quantitative estimate of drug-likeness (QED) is 0.380. The Kier molecular flexibility index (Phi) is 7.39. The predicted molar refractivity (Wildman–Crippen MR) is 126 cm³/mol. The second-order valence-electron chi connectivity index (χ2n) is 6.06. The van der Waals surface area contributed by atoms with Gasteiger partial charge < -0.3 is 10.1 Å². The molecule has 154 valence electrons. The lowest BCUT2D eigenvalue weighted by molar-refractivity contribution is 0.0978. The molecule has 3 aromatic rings. The molecule has 0 aliphatic rings. The number of pyridine rings is 1. The largest absolute Gasteiger partial charge is 0.434 e. The number of nitrogens with zero attached hydrogens (tertiary/aromatic N) is 1. The van der Waals surface area contributed by atoms with Crippen molar-refractivity contribution in [1.82, 2.24) is 10.3 Å². The minimum Gasteiger partial charge on any atom is -0.434 e. The molecule has 0 saturated carbocycles. The van der Waals surface area contributed by atoms with Crippen LogP contribution in [0.2, 0.25) is 20.1 Å². The molecule has 2 N–H and O–H groups in total. The Morgan fingerprint density at radius 1 is 1.00 bits per heavy atom. The molecule has 0 fully saturated rings. The monoisotopic (exact) mass is 499 g/mol. The van der Waals surface area contributed by atoms with Crippen LogP contribution in [0.25, 0.3) is 0 Å². The Balaban J connectivity index is 1.72. The number of rotatable bonds is 4. The normalized spacial score (nSPS) is 10.4. The summed E-state index contributed by atoms with van der Waals surface area (Å²) in [5.41, 5.74) is 1.63. The SMILES string of the molecule is Cc1cnc(Oc2c(Cl)cc(NC(=S)NC(=O)c3ccccc3Cl)cc2Cl)c(Cl)c1. The lowest BCUT2D eigenvalue weighted by Crippen LogP contribution is -2.34. The van der Waals surface area contributed by atoms with Crippen molar-refractivity contribution in [3.8, 4) is 11.6 Å². The first-order valence-electron chi connectivity index (χ1n) is 8.40. The number of ether oxygens (including phenoxy) is 1. The summed E-state index contributed by atoms with van der Waals surface area (Å²) in [5, 5.41) is 6.47. The molecule has 2 aromatic carbocycles. The Morgan fingerprint density at radius 3 is 2.30 bits per heavy atom. The molecule has 10 heteroatoms. The van der Waals surface area contributed by atoms with Gasteiger partial charge in [-0.15, -0.1) is 0 Å². The van der Waals surface area contributed by atoms with Crippen LogP contribution in [0.5, 0.6) is 11.6 Å². The zero-order valence-corrected chi connectivity index (χ0v) is 19.1. The fourth-order valence-electron chi connectivity index (χ4n) is 2.40. The first-order valence-corrected chi connectivity index (χ1v) is 10.3. The van der Waals surface area contributed by atoms with Crippen molar-refractivity contribution in [2.45, 2.75) is 6.92 Å². The summed E-state index contributed by atoms with van der Waals surface area (Å²) < 4.78 is 5.67. The lowest BCUT2D eigenvalue weighted by atomic mass is 10.2. The molecule has 0 atom stereocenters. The third-order valence-electron chi connectivity index (χ3n) is 3.74. The van der Waals surface area contributed by atoms with Gasteiger partial charge in [-0.25, -0.2) is 4.98 Å². The summed E-state index contributed by atoms with van der Waals surface area (Å²) in [5.74, 6) is -0.0854. The number of hydrogen-bond donors (Lipinski definition) is 2. The molecule has 0 unspecified atom stereocenters. The van der Waals surface area contributed by atoms with Gasteiger partial charge in [0, 0.05) is 11.9 Å². The number of aromatic nitrogens is 1. The maximum atomic E-state index is 12.3. The average Bonchev–Trinajstić information content (AvgIpc) is 2.66. The standard InChI is InChI=1S/C20H13Cl4N3O2S/c1-10-6-16(24)19(25-9-10)29-17-14(22)7-11(8-15(17)23)26-20(30)27-18(28)12-4-2-3-5-13(12)21/h2-9H,1H3,(H2,26,27,28,30). The lowest BCUT2D eigenvalue weighted by Gasteiger charge is -2.14. The van der Waals surface area contributed by atoms with E-state index in [-0.39, 0.29) is 26.8 Å². The summed E-state index contributed by atoms with van der Waals surface area (Å²) in [6, 6.07) is 11.4. The molecular weight excluding hydrogens is 488 g/mol. The van der Waals surface area contributed by atoms with E-state index < -0.39 is 5.91 Å². The van der Waals surface area contributed by atoms with Gasteiger partial charge in [-0.3, -0.25) is 10.1 Å². The zero-order chi connectivity index (χ0) is 21.8. The minimum absolute atomic E-state index is 0.0453. The van der Waals surface area contributed by atoms with Crippen molar-refractivity contribution in [2.75, 3.05) is 5.32 Å². The summed E-state index contributed by atoms with van der Waals surface area (Å²) >= 11 is 30.0. The van der Waals surface area contributed by atoms with Crippen molar-refractivity contribution in [1.29, 1.82) is 0 Å². The number of hydrogen-bond acceptors (Lipinski definition) is 4. The Morgan fingerprint density at radius 2 is 1.67 bits per heavy atom. The summed E-state index contributed by atoms with van der Waals surface area (Å²) in [4.78, 5) is 16.4. The van der Waals surface area contributed by atoms with Gasteiger partial charge in [-0.05, 0) is 55.0 Å². The highest BCUT2D eigenvalue weighted by Gasteiger charge is 2.16. The topological polar surface area (TPSA) is 63.2 Å². The molecule has 30 heavy (non-hydrogen) atoms. The van der Waals surface area contributed by atoms with Gasteiger partial charge in [0.2, 0.25) is 5.88 Å². The maximum absolute atomic E-state index is 12.3. The van der Waals surface area contributed by atoms with Crippen molar-refractivity contribution < 1.29 is 9.53 Å². The molecule has 0 aliphatic carbocycles. The van der Waals surface area contributed by atoms with Crippen LogP contribution >= 0.6 is 58.6 Å². The fraction of sp³-hybridized carbons (Fsp3) is 0.0500. The first-order chi connectivity index (χ1) is 14.2. The number of carbonyl (C=O) groups excluding carboxylic acids is 1. The van der Waals surface area contributed by atoms with Gasteiger partial charge in [0.05, 0.1) is 20.6 Å². The highest BCUT2D eigenvalue weighted by Crippen LogP contribution is 2.40. The Hall–Kier alpha value is -2.09. The number of aryl methyl sites for hydroxylation is 1. The third-order valence-corrected chi connectivity index (χ3v) is 5.11. The molecule has 0 saturated heterocycles. The van der Waals surface area contributed by atoms with Gasteiger partial charge in [0.15, 0.2) is 10.9 Å². The third kappa shape index (κ3) is 5.53. The van der Waals surface area contributed by atoms with Crippen LogP contribution in [0.3, 0.4) is 0 Å². The second kappa shape index (κ2) is 9.81. The molecule has 1 amide bonds. The minimum atomic E-state index is -0.449. The number of nitrogens with one attached hydrogen (secondary N) is 2. The van der Waals surface area contributed by atoms with Gasteiger partial charge in [-0.2, -0.15) is 0 Å². The number of anilines is 1. The van der Waals surface area contributed by atoms with E-state index in [4.69, 9.17) is 63.4 Å². The highest BCUT2D eigenvalue weighted by atomic mass is 35.5. The van der Waals surface area contributed by atoms with Crippen LogP contribution in [-0.2, 0) is 0 Å². The molecule has 1 aromatic heterocycles. The Labute approximate surface area is 198 Å². The first kappa shape index (κ1) is 22.6. The van der Waals surface area contributed by atoms with Gasteiger partial charge >= 0.3 is 0 Å². The van der Waals surface area contributed by atoms with Crippen molar-refractivity contribution in [3.63, 3.8) is 0 Å². The van der Waals surface area contributed by atoms with Crippen molar-refractivity contribution in [3.05, 3.63) is 79.9 Å². The van der Waals surface area contributed by atoms with E-state index in [2.05, 4.69) is 15.6 Å². The summed E-state index contributed by atoms with van der Waals surface area (Å²) in [6.45, 7) is 1.86. The van der Waals surface area contributed by atoms with E-state index in [0.29, 0.717) is 21.3 Å². The molecular formula is C20H13Cl4N3O2S. The predicted octanol–water partition coefficient (Wildman–Crippen LogP) is 6.92. The van der Waals surface area contributed by atoms with Crippen LogP contribution in [-0.4, -0.2) is 16.0 Å². The molecule has 3 rings (SSSR count). The van der Waals surface area contributed by atoms with Crippen LogP contribution in [0.15, 0.2) is 48.7 Å². The smallest absolute Gasteiger partial charge is 0.258 e. The van der Waals surface area contributed by atoms with E-state index in [0.717, 1.165) is 5.56 Å². The number of amides is 1. The molecule has 0 bridgehead atoms. The molecule has 0 spiro atoms. The average molecular weight is 501 g/mol. The van der Waals surface area contributed by atoms with Crippen LogP contribution in [0.1, 0.15) is 15.9 Å². The molecule has 0 aliphatic heterocycles. The number of benzene rings is 2. The Bertz CT molecular complexity index is 1120. The highest BCUT2D eigenvalue weighted by molar-refractivity contribution is 7.80. The molecule has 0 radical (unpaired) electrons. The second-order valence-corrected chi connectivity index (χ2v) is 8.10. The van der Waals surface area contributed by atoms with E-state index in [9.17, 15) is 4.79 Å². The zero-order valence-electron chi connectivity index (χ0n) is 15.3. The van der Waals surface area contributed by atoms with Gasteiger partial charge in [0.25, 0.3) is 5.91 Å². The van der Waals surface area contributed by atoms with Crippen molar-refractivity contribution in [2.24, 2.45) is 0 Å². The van der Waals surface area contributed by atoms with E-state index in [1.165, 1.54) is 0 Å². The van der Waals surface area contributed by atoms with Gasteiger partial charge in [-0.1, -0.05) is 58.5 Å². The van der Waals surface area contributed by atoms with Gasteiger partial charge in [0.1, 0.15) is 5.02 Å². The van der Waals surface area contributed by atoms with Crippen LogP contribution in [0.4, 0.5) is 5.69 Å². The number of thiocarbonyl (C=S) groups is 1.